The van der Waals surface area contributed by atoms with Gasteiger partial charge < -0.3 is 11.1 Å². The van der Waals surface area contributed by atoms with Gasteiger partial charge in [0, 0.05) is 12.1 Å². The Morgan fingerprint density at radius 3 is 2.36 bits per heavy atom. The molecule has 1 aromatic carbocycles. The minimum atomic E-state index is -0.469. The number of carbonyl (C=O) groups is 1. The Morgan fingerprint density at radius 2 is 1.88 bits per heavy atom. The van der Waals surface area contributed by atoms with Crippen LogP contribution in [0.2, 0.25) is 0 Å². The van der Waals surface area contributed by atoms with Gasteiger partial charge in [0.25, 0.3) is 5.91 Å². The molecule has 0 spiro atoms. The fourth-order valence-corrected chi connectivity index (χ4v) is 3.04. The molecule has 0 saturated heterocycles. The van der Waals surface area contributed by atoms with Crippen molar-refractivity contribution in [2.45, 2.75) is 33.2 Å². The van der Waals surface area contributed by atoms with Gasteiger partial charge in [-0.3, -0.25) is 4.79 Å². The number of hydrogen-bond donors (Lipinski definition) is 2. The summed E-state index contributed by atoms with van der Waals surface area (Å²) in [5.74, 6) is -0.258. The highest BCUT2D eigenvalue weighted by atomic mass is 35.5. The summed E-state index contributed by atoms with van der Waals surface area (Å²) in [6.45, 7) is 8.15. The van der Waals surface area contributed by atoms with Gasteiger partial charge in [-0.25, -0.2) is 9.37 Å². The van der Waals surface area contributed by atoms with Crippen LogP contribution in [-0.2, 0) is 0 Å². The molecule has 1 aromatic heterocycles. The van der Waals surface area contributed by atoms with Crippen molar-refractivity contribution in [3.8, 4) is 10.6 Å². The molecule has 1 atom stereocenters. The third-order valence-corrected chi connectivity index (χ3v) is 5.40. The Morgan fingerprint density at radius 1 is 1.32 bits per heavy atom. The van der Waals surface area contributed by atoms with Crippen LogP contribution in [0.5, 0.6) is 0 Å². The molecule has 2 aromatic rings. The smallest absolute Gasteiger partial charge is 0.263 e. The maximum atomic E-state index is 13.0. The predicted molar refractivity (Wildman–Crippen MR) is 107 cm³/mol. The van der Waals surface area contributed by atoms with E-state index in [4.69, 9.17) is 5.73 Å². The fourth-order valence-electron chi connectivity index (χ4n) is 2.07. The van der Waals surface area contributed by atoms with Gasteiger partial charge in [-0.2, -0.15) is 0 Å². The van der Waals surface area contributed by atoms with Crippen molar-refractivity contribution in [1.29, 1.82) is 0 Å². The molecular weight excluding hydrogens is 384 g/mol. The Hall–Kier alpha value is -1.21. The molecule has 0 saturated carbocycles. The summed E-state index contributed by atoms with van der Waals surface area (Å²) >= 11 is 1.30. The van der Waals surface area contributed by atoms with Gasteiger partial charge in [0.05, 0.1) is 11.2 Å². The molecule has 0 aliphatic carbocycles. The molecule has 0 bridgehead atoms. The summed E-state index contributed by atoms with van der Waals surface area (Å²) in [6, 6.07) is 6.09. The molecule has 4 nitrogen and oxygen atoms in total. The van der Waals surface area contributed by atoms with E-state index in [1.807, 2.05) is 20.8 Å². The SMILES string of the molecule is Cc1nc(-c2ccc(F)cc2)sc1C(=O)NC(C)(CN)C(C)C.Cl.Cl. The summed E-state index contributed by atoms with van der Waals surface area (Å²) in [7, 11) is 0. The summed E-state index contributed by atoms with van der Waals surface area (Å²) in [4.78, 5) is 17.6. The molecular formula is C17H24Cl2FN3OS. The van der Waals surface area contributed by atoms with E-state index in [-0.39, 0.29) is 42.5 Å². The first-order valence-electron chi connectivity index (χ1n) is 7.53. The van der Waals surface area contributed by atoms with E-state index < -0.39 is 5.54 Å². The quantitative estimate of drug-likeness (QED) is 0.779. The molecule has 1 amide bonds. The molecule has 8 heteroatoms. The zero-order chi connectivity index (χ0) is 17.2. The van der Waals surface area contributed by atoms with Gasteiger partial charge in [-0.05, 0) is 44.0 Å². The number of nitrogens with zero attached hydrogens (tertiary/aromatic N) is 1. The highest BCUT2D eigenvalue weighted by Crippen LogP contribution is 2.28. The van der Waals surface area contributed by atoms with Gasteiger partial charge in [-0.15, -0.1) is 36.2 Å². The largest absolute Gasteiger partial charge is 0.345 e. The minimum absolute atomic E-state index is 0. The van der Waals surface area contributed by atoms with Crippen molar-refractivity contribution in [1.82, 2.24) is 10.3 Å². The first kappa shape index (κ1) is 23.8. The van der Waals surface area contributed by atoms with Crippen molar-refractivity contribution in [3.63, 3.8) is 0 Å². The second kappa shape index (κ2) is 9.48. The molecule has 0 fully saturated rings. The lowest BCUT2D eigenvalue weighted by Gasteiger charge is -2.33. The topological polar surface area (TPSA) is 68.0 Å². The zero-order valence-electron chi connectivity index (χ0n) is 14.6. The van der Waals surface area contributed by atoms with E-state index in [1.165, 1.54) is 23.5 Å². The number of aryl methyl sites for hydroxylation is 1. The maximum Gasteiger partial charge on any atom is 0.263 e. The standard InChI is InChI=1S/C17H22FN3OS.2ClH/c1-10(2)17(4,9-19)21-15(22)14-11(3)20-16(23-14)12-5-7-13(18)8-6-12;;/h5-8,10H,9,19H2,1-4H3,(H,21,22);2*1H. The van der Waals surface area contributed by atoms with E-state index in [2.05, 4.69) is 10.3 Å². The number of thiazole rings is 1. The minimum Gasteiger partial charge on any atom is -0.345 e. The Balaban J connectivity index is 0.00000288. The molecule has 0 radical (unpaired) electrons. The number of amides is 1. The van der Waals surface area contributed by atoms with Crippen LogP contribution < -0.4 is 11.1 Å². The average Bonchev–Trinajstić information content (AvgIpc) is 2.89. The van der Waals surface area contributed by atoms with E-state index >= 15 is 0 Å². The van der Waals surface area contributed by atoms with Crippen molar-refractivity contribution in [3.05, 3.63) is 40.7 Å². The molecule has 25 heavy (non-hydrogen) atoms. The molecule has 3 N–H and O–H groups in total. The number of nitrogens with one attached hydrogen (secondary N) is 1. The van der Waals surface area contributed by atoms with Crippen LogP contribution in [0.1, 0.15) is 36.1 Å². The molecule has 1 heterocycles. The van der Waals surface area contributed by atoms with E-state index in [9.17, 15) is 9.18 Å². The number of nitrogens with two attached hydrogens (primary N) is 1. The van der Waals surface area contributed by atoms with Crippen LogP contribution in [0.25, 0.3) is 10.6 Å². The number of carbonyl (C=O) groups excluding carboxylic acids is 1. The number of benzene rings is 1. The normalized spacial score (nSPS) is 12.8. The predicted octanol–water partition coefficient (Wildman–Crippen LogP) is 4.20. The molecule has 140 valence electrons. The highest BCUT2D eigenvalue weighted by Gasteiger charge is 2.30. The Labute approximate surface area is 164 Å². The summed E-state index contributed by atoms with van der Waals surface area (Å²) in [5.41, 5.74) is 6.81. The summed E-state index contributed by atoms with van der Waals surface area (Å²) in [6.07, 6.45) is 0. The number of halogens is 3. The van der Waals surface area contributed by atoms with Crippen molar-refractivity contribution in [2.24, 2.45) is 11.7 Å². The van der Waals surface area contributed by atoms with Gasteiger partial charge in [-0.1, -0.05) is 13.8 Å². The van der Waals surface area contributed by atoms with Gasteiger partial charge >= 0.3 is 0 Å². The Bertz CT molecular complexity index is 706. The average molecular weight is 408 g/mol. The van der Waals surface area contributed by atoms with Crippen molar-refractivity contribution < 1.29 is 9.18 Å². The summed E-state index contributed by atoms with van der Waals surface area (Å²) < 4.78 is 13.0. The third-order valence-electron chi connectivity index (χ3n) is 4.19. The van der Waals surface area contributed by atoms with Crippen LogP contribution in [0.15, 0.2) is 24.3 Å². The molecule has 2 rings (SSSR count). The van der Waals surface area contributed by atoms with Crippen LogP contribution in [0.3, 0.4) is 0 Å². The van der Waals surface area contributed by atoms with E-state index in [0.717, 1.165) is 5.56 Å². The second-order valence-corrected chi connectivity index (χ2v) is 7.17. The summed E-state index contributed by atoms with van der Waals surface area (Å²) in [5, 5.41) is 3.72. The number of hydrogen-bond acceptors (Lipinski definition) is 4. The number of aromatic nitrogens is 1. The lowest BCUT2D eigenvalue weighted by molar-refractivity contribution is 0.0886. The van der Waals surface area contributed by atoms with E-state index in [1.54, 1.807) is 19.1 Å². The van der Waals surface area contributed by atoms with Crippen LogP contribution >= 0.6 is 36.2 Å². The number of rotatable bonds is 5. The van der Waals surface area contributed by atoms with Crippen LogP contribution in [0.4, 0.5) is 4.39 Å². The Kier molecular flexibility index (Phi) is 9.02. The lowest BCUT2D eigenvalue weighted by Crippen LogP contribution is -2.54. The molecule has 0 aliphatic rings. The van der Waals surface area contributed by atoms with Crippen LogP contribution in [-0.4, -0.2) is 23.0 Å². The van der Waals surface area contributed by atoms with Crippen LogP contribution in [0, 0.1) is 18.7 Å². The fraction of sp³-hybridized carbons (Fsp3) is 0.412. The lowest BCUT2D eigenvalue weighted by atomic mass is 9.88. The van der Waals surface area contributed by atoms with Gasteiger partial charge in [0.15, 0.2) is 0 Å². The zero-order valence-corrected chi connectivity index (χ0v) is 17.1. The van der Waals surface area contributed by atoms with Crippen molar-refractivity contribution >= 4 is 42.1 Å². The third kappa shape index (κ3) is 5.38. The highest BCUT2D eigenvalue weighted by molar-refractivity contribution is 7.17. The molecule has 1 unspecified atom stereocenters. The molecule has 0 aliphatic heterocycles. The first-order chi connectivity index (χ1) is 10.8. The monoisotopic (exact) mass is 407 g/mol. The van der Waals surface area contributed by atoms with E-state index in [0.29, 0.717) is 22.1 Å². The second-order valence-electron chi connectivity index (χ2n) is 6.17. The maximum absolute atomic E-state index is 13.0. The van der Waals surface area contributed by atoms with Crippen molar-refractivity contribution in [2.75, 3.05) is 6.54 Å². The van der Waals surface area contributed by atoms with Gasteiger partial charge in [0.1, 0.15) is 15.7 Å². The van der Waals surface area contributed by atoms with Gasteiger partial charge in [0.2, 0.25) is 0 Å². The first-order valence-corrected chi connectivity index (χ1v) is 8.34.